The highest BCUT2D eigenvalue weighted by atomic mass is 16.1. The van der Waals surface area contributed by atoms with Crippen LogP contribution >= 0.6 is 0 Å². The van der Waals surface area contributed by atoms with E-state index >= 15 is 0 Å². The van der Waals surface area contributed by atoms with Crippen LogP contribution in [0.15, 0.2) is 133 Å². The van der Waals surface area contributed by atoms with Gasteiger partial charge in [-0.25, -0.2) is 0 Å². The van der Waals surface area contributed by atoms with E-state index in [1.807, 2.05) is 133 Å². The molecule has 0 aliphatic carbocycles. The van der Waals surface area contributed by atoms with Crippen LogP contribution in [0, 0.1) is 0 Å². The van der Waals surface area contributed by atoms with Crippen LogP contribution in [0.4, 0.5) is 0 Å². The molecule has 4 aromatic rings. The molecule has 0 unspecified atom stereocenters. The van der Waals surface area contributed by atoms with E-state index in [9.17, 15) is 9.59 Å². The van der Waals surface area contributed by atoms with Crippen LogP contribution < -0.4 is 0 Å². The minimum atomic E-state index is 0.0319. The van der Waals surface area contributed by atoms with Crippen molar-refractivity contribution in [2.24, 2.45) is 0 Å². The number of rotatable bonds is 6. The van der Waals surface area contributed by atoms with E-state index in [1.54, 1.807) is 12.2 Å². The van der Waals surface area contributed by atoms with Gasteiger partial charge in [-0.3, -0.25) is 9.59 Å². The topological polar surface area (TPSA) is 34.1 Å². The monoisotopic (exact) mass is 416 g/mol. The van der Waals surface area contributed by atoms with E-state index in [-0.39, 0.29) is 11.6 Å². The third-order valence-corrected chi connectivity index (χ3v) is 4.57. The summed E-state index contributed by atoms with van der Waals surface area (Å²) in [5.41, 5.74) is 3.50. The molecular weight excluding hydrogens is 392 g/mol. The predicted molar refractivity (Wildman–Crippen MR) is 132 cm³/mol. The molecule has 0 amide bonds. The van der Waals surface area contributed by atoms with Crippen LogP contribution in [0.1, 0.15) is 31.8 Å². The Morgan fingerprint density at radius 1 is 0.406 bits per heavy atom. The molecule has 0 aliphatic heterocycles. The van der Waals surface area contributed by atoms with Gasteiger partial charge in [0.15, 0.2) is 11.6 Å². The summed E-state index contributed by atoms with van der Waals surface area (Å²) in [6.07, 6.45) is 6.86. The van der Waals surface area contributed by atoms with Gasteiger partial charge in [-0.05, 0) is 23.3 Å². The van der Waals surface area contributed by atoms with Crippen LogP contribution in [-0.4, -0.2) is 11.6 Å². The lowest BCUT2D eigenvalue weighted by Gasteiger charge is -1.94. The molecule has 0 heterocycles. The summed E-state index contributed by atoms with van der Waals surface area (Å²) in [6, 6.07) is 38.1. The molecule has 2 nitrogen and oxygen atoms in total. The molecule has 4 rings (SSSR count). The largest absolute Gasteiger partial charge is 0.289 e. The highest BCUT2D eigenvalue weighted by molar-refractivity contribution is 6.07. The van der Waals surface area contributed by atoms with Crippen LogP contribution in [-0.2, 0) is 0 Å². The molecule has 0 aromatic heterocycles. The predicted octanol–water partition coefficient (Wildman–Crippen LogP) is 7.17. The molecule has 0 saturated carbocycles. The van der Waals surface area contributed by atoms with Crippen LogP contribution in [0.25, 0.3) is 12.2 Å². The van der Waals surface area contributed by atoms with Crippen molar-refractivity contribution >= 4 is 23.7 Å². The van der Waals surface area contributed by atoms with Gasteiger partial charge in [0.2, 0.25) is 0 Å². The number of carbonyl (C=O) groups is 2. The quantitative estimate of drug-likeness (QED) is 0.247. The summed E-state index contributed by atoms with van der Waals surface area (Å²) in [5.74, 6) is 0.0638. The fraction of sp³-hybridized carbons (Fsp3) is 0. The highest BCUT2D eigenvalue weighted by Crippen LogP contribution is 2.06. The zero-order valence-electron chi connectivity index (χ0n) is 17.7. The maximum absolute atomic E-state index is 11.7. The first-order chi connectivity index (χ1) is 15.7. The number of hydrogen-bond donors (Lipinski definition) is 0. The lowest BCUT2D eigenvalue weighted by atomic mass is 10.1. The van der Waals surface area contributed by atoms with Crippen LogP contribution in [0.3, 0.4) is 0 Å². The molecule has 4 aromatic carbocycles. The van der Waals surface area contributed by atoms with Gasteiger partial charge < -0.3 is 0 Å². The lowest BCUT2D eigenvalue weighted by molar-refractivity contribution is 0.103. The minimum absolute atomic E-state index is 0.0319. The second-order valence-corrected chi connectivity index (χ2v) is 6.95. The molecule has 0 fully saturated rings. The van der Waals surface area contributed by atoms with Crippen molar-refractivity contribution in [2.75, 3.05) is 0 Å². The minimum Gasteiger partial charge on any atom is -0.289 e. The Labute approximate surface area is 189 Å². The summed E-state index contributed by atoms with van der Waals surface area (Å²) in [6.45, 7) is 0. The summed E-state index contributed by atoms with van der Waals surface area (Å²) in [5, 5.41) is 0. The van der Waals surface area contributed by atoms with E-state index in [2.05, 4.69) is 0 Å². The molecule has 0 bridgehead atoms. The van der Waals surface area contributed by atoms with E-state index < -0.39 is 0 Å². The van der Waals surface area contributed by atoms with Gasteiger partial charge >= 0.3 is 0 Å². The van der Waals surface area contributed by atoms with Crippen molar-refractivity contribution in [3.63, 3.8) is 0 Å². The number of carbonyl (C=O) groups excluding carboxylic acids is 2. The van der Waals surface area contributed by atoms with E-state index in [1.165, 1.54) is 0 Å². The summed E-state index contributed by atoms with van der Waals surface area (Å²) in [7, 11) is 0. The SMILES string of the molecule is O=C(C=Cc1ccccc1)c1ccccc1.O=C(C=Cc1ccccc1)c1ccccc1. The molecular formula is C30H24O2. The summed E-state index contributed by atoms with van der Waals surface area (Å²) in [4.78, 5) is 23.5. The van der Waals surface area contributed by atoms with Gasteiger partial charge in [0.25, 0.3) is 0 Å². The normalized spacial score (nSPS) is 10.5. The Balaban J connectivity index is 0.000000181. The molecule has 0 aliphatic rings. The standard InChI is InChI=1S/2C15H12O/c2*16-15(14-9-5-2-6-10-14)12-11-13-7-3-1-4-8-13/h2*1-12H. The Kier molecular flexibility index (Phi) is 8.68. The molecule has 0 saturated heterocycles. The van der Waals surface area contributed by atoms with Gasteiger partial charge in [-0.1, -0.05) is 133 Å². The van der Waals surface area contributed by atoms with Crippen molar-refractivity contribution < 1.29 is 9.59 Å². The van der Waals surface area contributed by atoms with E-state index in [0.717, 1.165) is 22.3 Å². The third kappa shape index (κ3) is 7.51. The molecule has 156 valence electrons. The van der Waals surface area contributed by atoms with Crippen molar-refractivity contribution in [2.45, 2.75) is 0 Å². The number of benzene rings is 4. The average Bonchev–Trinajstić information content (AvgIpc) is 2.88. The molecule has 32 heavy (non-hydrogen) atoms. The van der Waals surface area contributed by atoms with Crippen molar-refractivity contribution in [1.29, 1.82) is 0 Å². The Bertz CT molecular complexity index is 1060. The number of ketones is 2. The van der Waals surface area contributed by atoms with Gasteiger partial charge in [-0.2, -0.15) is 0 Å². The van der Waals surface area contributed by atoms with Crippen LogP contribution in [0.2, 0.25) is 0 Å². The Morgan fingerprint density at radius 3 is 1.00 bits per heavy atom. The van der Waals surface area contributed by atoms with Gasteiger partial charge in [0.05, 0.1) is 0 Å². The van der Waals surface area contributed by atoms with Gasteiger partial charge in [0, 0.05) is 11.1 Å². The third-order valence-electron chi connectivity index (χ3n) is 4.57. The van der Waals surface area contributed by atoms with Gasteiger partial charge in [-0.15, -0.1) is 0 Å². The highest BCUT2D eigenvalue weighted by Gasteiger charge is 1.99. The zero-order chi connectivity index (χ0) is 22.4. The number of allylic oxidation sites excluding steroid dienone is 2. The Morgan fingerprint density at radius 2 is 0.688 bits per heavy atom. The first-order valence-electron chi connectivity index (χ1n) is 10.4. The van der Waals surface area contributed by atoms with E-state index in [0.29, 0.717) is 0 Å². The fourth-order valence-electron chi connectivity index (χ4n) is 2.87. The smallest absolute Gasteiger partial charge is 0.185 e. The summed E-state index contributed by atoms with van der Waals surface area (Å²) < 4.78 is 0. The zero-order valence-corrected chi connectivity index (χ0v) is 17.7. The van der Waals surface area contributed by atoms with Crippen molar-refractivity contribution in [3.05, 3.63) is 156 Å². The number of hydrogen-bond acceptors (Lipinski definition) is 2. The molecule has 0 radical (unpaired) electrons. The fourth-order valence-corrected chi connectivity index (χ4v) is 2.87. The molecule has 0 N–H and O–H groups in total. The van der Waals surface area contributed by atoms with Crippen molar-refractivity contribution in [1.82, 2.24) is 0 Å². The molecule has 0 spiro atoms. The summed E-state index contributed by atoms with van der Waals surface area (Å²) >= 11 is 0. The second kappa shape index (κ2) is 12.4. The first kappa shape index (κ1) is 22.4. The molecule has 2 heteroatoms. The van der Waals surface area contributed by atoms with Crippen LogP contribution in [0.5, 0.6) is 0 Å². The lowest BCUT2D eigenvalue weighted by Crippen LogP contribution is -1.92. The van der Waals surface area contributed by atoms with Gasteiger partial charge in [0.1, 0.15) is 0 Å². The Hall–Kier alpha value is -4.30. The first-order valence-corrected chi connectivity index (χ1v) is 10.4. The average molecular weight is 417 g/mol. The maximum atomic E-state index is 11.7. The van der Waals surface area contributed by atoms with Crippen molar-refractivity contribution in [3.8, 4) is 0 Å². The maximum Gasteiger partial charge on any atom is 0.185 e. The molecule has 0 atom stereocenters. The second-order valence-electron chi connectivity index (χ2n) is 6.95. The van der Waals surface area contributed by atoms with E-state index in [4.69, 9.17) is 0 Å².